The Balaban J connectivity index is 2.20. The van der Waals surface area contributed by atoms with Gasteiger partial charge in [-0.1, -0.05) is 30.0 Å². The van der Waals surface area contributed by atoms with E-state index in [1.165, 1.54) is 0 Å². The first-order chi connectivity index (χ1) is 12.6. The maximum atomic E-state index is 12.8. The van der Waals surface area contributed by atoms with Crippen LogP contribution in [0.2, 0.25) is 0 Å². The molecule has 0 amide bonds. The molecule has 27 heavy (non-hydrogen) atoms. The Labute approximate surface area is 152 Å². The van der Waals surface area contributed by atoms with E-state index < -0.39 is 23.5 Å². The Hall–Kier alpha value is -2.88. The second-order valence-corrected chi connectivity index (χ2v) is 5.56. The lowest BCUT2D eigenvalue weighted by molar-refractivity contribution is -0.143. The van der Waals surface area contributed by atoms with Crippen LogP contribution >= 0.6 is 0 Å². The number of halogens is 6. The third kappa shape index (κ3) is 6.41. The average molecular weight is 384 g/mol. The topological polar surface area (TPSA) is 9.23 Å². The summed E-state index contributed by atoms with van der Waals surface area (Å²) in [6.45, 7) is 1.75. The molecule has 2 aromatic carbocycles. The number of para-hydroxylation sites is 1. The van der Waals surface area contributed by atoms with Crippen LogP contribution in [0.15, 0.2) is 60.2 Å². The van der Waals surface area contributed by atoms with Gasteiger partial charge in [-0.25, -0.2) is 0 Å². The Morgan fingerprint density at radius 1 is 0.926 bits per heavy atom. The molecule has 0 heterocycles. The van der Waals surface area contributed by atoms with Crippen LogP contribution in [0, 0.1) is 11.8 Å². The van der Waals surface area contributed by atoms with E-state index in [1.807, 2.05) is 6.07 Å². The molecule has 0 atom stereocenters. The Morgan fingerprint density at radius 2 is 1.48 bits per heavy atom. The molecule has 7 heteroatoms. The van der Waals surface area contributed by atoms with Gasteiger partial charge < -0.3 is 4.74 Å². The Morgan fingerprint density at radius 3 is 2.00 bits per heavy atom. The maximum absolute atomic E-state index is 12.8. The summed E-state index contributed by atoms with van der Waals surface area (Å²) in [5, 5.41) is 0. The largest absolute Gasteiger partial charge is 0.490 e. The summed E-state index contributed by atoms with van der Waals surface area (Å²) in [7, 11) is 0. The molecule has 0 bridgehead atoms. The van der Waals surface area contributed by atoms with Crippen molar-refractivity contribution in [3.05, 3.63) is 76.9 Å². The van der Waals surface area contributed by atoms with Gasteiger partial charge in [-0.3, -0.25) is 0 Å². The molecule has 0 N–H and O–H groups in total. The van der Waals surface area contributed by atoms with E-state index in [1.54, 1.807) is 37.3 Å². The van der Waals surface area contributed by atoms with Crippen LogP contribution in [0.25, 0.3) is 0 Å². The maximum Gasteiger partial charge on any atom is 0.416 e. The molecule has 0 aromatic heterocycles. The summed E-state index contributed by atoms with van der Waals surface area (Å²) in [5.41, 5.74) is -2.70. The molecular weight excluding hydrogens is 370 g/mol. The van der Waals surface area contributed by atoms with Crippen LogP contribution in [0.4, 0.5) is 26.3 Å². The quantitative estimate of drug-likeness (QED) is 0.459. The fourth-order valence-electron chi connectivity index (χ4n) is 2.03. The first-order valence-corrected chi connectivity index (χ1v) is 7.72. The smallest absolute Gasteiger partial charge is 0.416 e. The van der Waals surface area contributed by atoms with Gasteiger partial charge in [-0.2, -0.15) is 26.3 Å². The van der Waals surface area contributed by atoms with Crippen molar-refractivity contribution >= 4 is 0 Å². The number of rotatable bonds is 3. The molecule has 0 fully saturated rings. The zero-order chi connectivity index (χ0) is 20.1. The van der Waals surface area contributed by atoms with Gasteiger partial charge in [-0.15, -0.1) is 0 Å². The van der Waals surface area contributed by atoms with Crippen molar-refractivity contribution in [2.75, 3.05) is 6.61 Å². The highest BCUT2D eigenvalue weighted by Gasteiger charge is 2.36. The molecule has 0 spiro atoms. The van der Waals surface area contributed by atoms with Crippen molar-refractivity contribution in [1.82, 2.24) is 0 Å². The minimum atomic E-state index is -4.90. The van der Waals surface area contributed by atoms with Crippen molar-refractivity contribution in [2.24, 2.45) is 0 Å². The van der Waals surface area contributed by atoms with E-state index in [2.05, 4.69) is 11.8 Å². The van der Waals surface area contributed by atoms with E-state index in [0.717, 1.165) is 0 Å². The van der Waals surface area contributed by atoms with Gasteiger partial charge >= 0.3 is 12.4 Å². The Kier molecular flexibility index (Phi) is 6.21. The lowest BCUT2D eigenvalue weighted by Gasteiger charge is -2.12. The normalized spacial score (nSPS) is 12.3. The number of benzene rings is 2. The summed E-state index contributed by atoms with van der Waals surface area (Å²) in [4.78, 5) is 0. The summed E-state index contributed by atoms with van der Waals surface area (Å²) >= 11 is 0. The predicted molar refractivity (Wildman–Crippen MR) is 89.0 cm³/mol. The second kappa shape index (κ2) is 8.21. The molecule has 2 rings (SSSR count). The SMILES string of the molecule is CC(C#Cc1cc(C(F)(F)F)cc(C(F)(F)F)c1)=CCOc1ccccc1. The molecule has 142 valence electrons. The summed E-state index contributed by atoms with van der Waals surface area (Å²) in [5.74, 6) is 5.51. The van der Waals surface area contributed by atoms with Crippen LogP contribution in [-0.2, 0) is 12.4 Å². The minimum Gasteiger partial charge on any atom is -0.490 e. The number of alkyl halides is 6. The van der Waals surface area contributed by atoms with E-state index in [-0.39, 0.29) is 18.2 Å². The van der Waals surface area contributed by atoms with Crippen molar-refractivity contribution in [3.63, 3.8) is 0 Å². The zero-order valence-electron chi connectivity index (χ0n) is 14.1. The van der Waals surface area contributed by atoms with E-state index in [0.29, 0.717) is 23.5 Å². The Bertz CT molecular complexity index is 835. The second-order valence-electron chi connectivity index (χ2n) is 5.56. The van der Waals surface area contributed by atoms with Gasteiger partial charge in [0.05, 0.1) is 11.1 Å². The van der Waals surface area contributed by atoms with Crippen molar-refractivity contribution < 1.29 is 31.1 Å². The molecular formula is C20H14F6O. The monoisotopic (exact) mass is 384 g/mol. The molecule has 0 aliphatic rings. The van der Waals surface area contributed by atoms with Gasteiger partial charge in [0, 0.05) is 5.56 Å². The van der Waals surface area contributed by atoms with E-state index in [9.17, 15) is 26.3 Å². The van der Waals surface area contributed by atoms with Crippen LogP contribution in [0.5, 0.6) is 5.75 Å². The fraction of sp³-hybridized carbons (Fsp3) is 0.200. The van der Waals surface area contributed by atoms with Gasteiger partial charge in [0.1, 0.15) is 12.4 Å². The summed E-state index contributed by atoms with van der Waals surface area (Å²) < 4.78 is 82.3. The van der Waals surface area contributed by atoms with Crippen LogP contribution in [0.3, 0.4) is 0 Å². The highest BCUT2D eigenvalue weighted by Crippen LogP contribution is 2.36. The van der Waals surface area contributed by atoms with E-state index in [4.69, 9.17) is 4.74 Å². The summed E-state index contributed by atoms with van der Waals surface area (Å²) in [6, 6.07) is 10.2. The highest BCUT2D eigenvalue weighted by atomic mass is 19.4. The van der Waals surface area contributed by atoms with Gasteiger partial charge in [0.25, 0.3) is 0 Å². The minimum absolute atomic E-state index is 0.0710. The first-order valence-electron chi connectivity index (χ1n) is 7.72. The third-order valence-corrected chi connectivity index (χ3v) is 3.37. The lowest BCUT2D eigenvalue weighted by Crippen LogP contribution is -2.11. The molecule has 1 nitrogen and oxygen atoms in total. The molecule has 0 saturated carbocycles. The molecule has 2 aromatic rings. The van der Waals surface area contributed by atoms with Crippen LogP contribution < -0.4 is 4.74 Å². The summed E-state index contributed by atoms with van der Waals surface area (Å²) in [6.07, 6.45) is -8.21. The number of allylic oxidation sites excluding steroid dienone is 1. The van der Waals surface area contributed by atoms with Gasteiger partial charge in [0.2, 0.25) is 0 Å². The molecule has 0 aliphatic carbocycles. The lowest BCUT2D eigenvalue weighted by atomic mass is 10.0. The molecule has 0 unspecified atom stereocenters. The zero-order valence-corrected chi connectivity index (χ0v) is 14.1. The first kappa shape index (κ1) is 20.4. The number of hydrogen-bond donors (Lipinski definition) is 0. The standard InChI is InChI=1S/C20H14F6O/c1-14(9-10-27-18-5-3-2-4-6-18)7-8-15-11-16(19(21,22)23)13-17(12-15)20(24,25)26/h2-6,9,11-13H,10H2,1H3. The average Bonchev–Trinajstić information content (AvgIpc) is 2.59. The number of hydrogen-bond acceptors (Lipinski definition) is 1. The van der Waals surface area contributed by atoms with Crippen LogP contribution in [-0.4, -0.2) is 6.61 Å². The van der Waals surface area contributed by atoms with Crippen LogP contribution in [0.1, 0.15) is 23.6 Å². The van der Waals surface area contributed by atoms with E-state index >= 15 is 0 Å². The molecule has 0 saturated heterocycles. The molecule has 0 aliphatic heterocycles. The van der Waals surface area contributed by atoms with Crippen molar-refractivity contribution in [3.8, 4) is 17.6 Å². The van der Waals surface area contributed by atoms with Gasteiger partial charge in [-0.05, 0) is 48.9 Å². The van der Waals surface area contributed by atoms with Crippen molar-refractivity contribution in [2.45, 2.75) is 19.3 Å². The van der Waals surface area contributed by atoms with Gasteiger partial charge in [0.15, 0.2) is 0 Å². The number of ether oxygens (including phenoxy) is 1. The fourth-order valence-corrected chi connectivity index (χ4v) is 2.03. The third-order valence-electron chi connectivity index (χ3n) is 3.37. The molecule has 0 radical (unpaired) electrons. The predicted octanol–water partition coefficient (Wildman–Crippen LogP) is 6.10. The highest BCUT2D eigenvalue weighted by molar-refractivity contribution is 5.45. The van der Waals surface area contributed by atoms with Crippen molar-refractivity contribution in [1.29, 1.82) is 0 Å².